The summed E-state index contributed by atoms with van der Waals surface area (Å²) in [5.41, 5.74) is 6.79. The van der Waals surface area contributed by atoms with Crippen molar-refractivity contribution in [1.29, 1.82) is 0 Å². The Hall–Kier alpha value is -2.84. The van der Waals surface area contributed by atoms with Crippen molar-refractivity contribution in [2.45, 2.75) is 38.3 Å². The van der Waals surface area contributed by atoms with Gasteiger partial charge in [0, 0.05) is 16.5 Å². The summed E-state index contributed by atoms with van der Waals surface area (Å²) >= 11 is 7.35. The van der Waals surface area contributed by atoms with Gasteiger partial charge in [0.1, 0.15) is 6.04 Å². The first-order valence-corrected chi connectivity index (χ1v) is 11.3. The fourth-order valence-corrected chi connectivity index (χ4v) is 4.68. The molecule has 4 rings (SSSR count). The quantitative estimate of drug-likeness (QED) is 0.481. The Bertz CT molecular complexity index is 1130. The molecule has 9 heteroatoms. The molecule has 0 spiro atoms. The van der Waals surface area contributed by atoms with E-state index in [4.69, 9.17) is 17.3 Å². The number of hydrogen-bond acceptors (Lipinski definition) is 4. The van der Waals surface area contributed by atoms with E-state index in [9.17, 15) is 14.4 Å². The molecular formula is C22H23ClN4O3S. The van der Waals surface area contributed by atoms with E-state index in [0.29, 0.717) is 34.3 Å². The van der Waals surface area contributed by atoms with Gasteiger partial charge in [-0.1, -0.05) is 42.6 Å². The molecule has 7 nitrogen and oxygen atoms in total. The van der Waals surface area contributed by atoms with E-state index in [-0.39, 0.29) is 18.2 Å². The summed E-state index contributed by atoms with van der Waals surface area (Å²) in [6.07, 6.45) is 4.41. The summed E-state index contributed by atoms with van der Waals surface area (Å²) in [4.78, 5) is 38.2. The Kier molecular flexibility index (Phi) is 6.29. The number of nitrogens with zero attached hydrogens (tertiary/aromatic N) is 1. The van der Waals surface area contributed by atoms with Gasteiger partial charge in [0.2, 0.25) is 11.8 Å². The highest BCUT2D eigenvalue weighted by atomic mass is 35.5. The lowest BCUT2D eigenvalue weighted by molar-refractivity contribution is -0.129. The molecular weight excluding hydrogens is 436 g/mol. The first kappa shape index (κ1) is 21.4. The minimum Gasteiger partial charge on any atom is -0.351 e. The molecule has 0 aliphatic heterocycles. The molecule has 1 saturated carbocycles. The topological polar surface area (TPSA) is 106 Å². The van der Waals surface area contributed by atoms with Crippen molar-refractivity contribution in [3.05, 3.63) is 57.4 Å². The van der Waals surface area contributed by atoms with Crippen LogP contribution in [-0.2, 0) is 22.6 Å². The van der Waals surface area contributed by atoms with Crippen LogP contribution in [0.2, 0.25) is 4.34 Å². The van der Waals surface area contributed by atoms with E-state index >= 15 is 0 Å². The number of halogens is 1. The van der Waals surface area contributed by atoms with E-state index in [1.165, 1.54) is 15.9 Å². The molecule has 1 atom stereocenters. The lowest BCUT2D eigenvalue weighted by Gasteiger charge is -2.18. The highest BCUT2D eigenvalue weighted by Gasteiger charge is 2.30. The predicted octanol–water partition coefficient (Wildman–Crippen LogP) is 3.43. The molecule has 2 aromatic heterocycles. The van der Waals surface area contributed by atoms with E-state index in [0.717, 1.165) is 23.1 Å². The molecule has 0 radical (unpaired) electrons. The van der Waals surface area contributed by atoms with Gasteiger partial charge in [-0.05, 0) is 36.1 Å². The van der Waals surface area contributed by atoms with Crippen molar-refractivity contribution in [2.24, 2.45) is 11.7 Å². The largest absolute Gasteiger partial charge is 0.351 e. The number of rotatable bonds is 8. The van der Waals surface area contributed by atoms with Crippen molar-refractivity contribution in [3.63, 3.8) is 0 Å². The van der Waals surface area contributed by atoms with Crippen molar-refractivity contribution in [1.82, 2.24) is 15.2 Å². The van der Waals surface area contributed by atoms with Crippen molar-refractivity contribution < 1.29 is 14.4 Å². The first-order chi connectivity index (χ1) is 14.9. The number of carbonyl (C=O) groups excluding carboxylic acids is 3. The number of amides is 3. The number of thiophene rings is 1. The van der Waals surface area contributed by atoms with Gasteiger partial charge in [-0.3, -0.25) is 14.2 Å². The number of primary amides is 1. The Morgan fingerprint density at radius 1 is 1.19 bits per heavy atom. The maximum absolute atomic E-state index is 12.8. The van der Waals surface area contributed by atoms with Gasteiger partial charge in [0.25, 0.3) is 0 Å². The van der Waals surface area contributed by atoms with Crippen LogP contribution in [0, 0.1) is 5.92 Å². The van der Waals surface area contributed by atoms with Crippen LogP contribution in [0.5, 0.6) is 0 Å². The van der Waals surface area contributed by atoms with Crippen LogP contribution < -0.4 is 16.4 Å². The Balaban J connectivity index is 1.43. The third-order valence-electron chi connectivity index (χ3n) is 5.37. The molecule has 1 fully saturated rings. The second-order valence-electron chi connectivity index (χ2n) is 7.78. The van der Waals surface area contributed by atoms with Crippen molar-refractivity contribution >= 4 is 51.7 Å². The van der Waals surface area contributed by atoms with Gasteiger partial charge in [-0.15, -0.1) is 11.3 Å². The summed E-state index contributed by atoms with van der Waals surface area (Å²) in [6, 6.07) is 9.73. The molecule has 0 bridgehead atoms. The van der Waals surface area contributed by atoms with Crippen LogP contribution in [0.4, 0.5) is 4.79 Å². The molecule has 4 N–H and O–H groups in total. The normalized spacial score (nSPS) is 14.4. The monoisotopic (exact) mass is 458 g/mol. The van der Waals surface area contributed by atoms with E-state index in [1.54, 1.807) is 18.3 Å². The number of fused-ring (bicyclic) bond motifs is 1. The minimum absolute atomic E-state index is 0.0514. The summed E-state index contributed by atoms with van der Waals surface area (Å²) in [6.45, 7) is 0.374. The van der Waals surface area contributed by atoms with Gasteiger partial charge < -0.3 is 16.4 Å². The number of aromatic nitrogens is 1. The van der Waals surface area contributed by atoms with Crippen molar-refractivity contribution in [2.75, 3.05) is 0 Å². The Morgan fingerprint density at radius 3 is 2.65 bits per heavy atom. The number of nitrogens with two attached hydrogens (primary N) is 1. The van der Waals surface area contributed by atoms with Crippen LogP contribution in [0.1, 0.15) is 29.7 Å². The fraction of sp³-hybridized carbons (Fsp3) is 0.318. The highest BCUT2D eigenvalue weighted by Crippen LogP contribution is 2.33. The molecule has 1 aliphatic carbocycles. The number of hydrogen-bond donors (Lipinski definition) is 3. The zero-order chi connectivity index (χ0) is 22.0. The molecule has 3 aromatic rings. The smallest absolute Gasteiger partial charge is 0.323 e. The number of carbonyl (C=O) groups is 3. The lowest BCUT2D eigenvalue weighted by atomic mass is 10.1. The van der Waals surface area contributed by atoms with Crippen LogP contribution >= 0.6 is 22.9 Å². The van der Waals surface area contributed by atoms with Crippen LogP contribution in [-0.4, -0.2) is 28.5 Å². The number of nitrogens with one attached hydrogen (secondary N) is 2. The standard InChI is InChI=1S/C22H23ClN4O3S/c23-19-8-7-15(31-19)11-25-21(29)17(9-13-5-6-13)26-20(28)10-14-12-27(22(24)30)18-4-2-1-3-16(14)18/h1-4,7-8,12-13,17H,5-6,9-11H2,(H2,24,30)(H,25,29)(H,26,28)/t17-/m0/s1. The summed E-state index contributed by atoms with van der Waals surface area (Å²) < 4.78 is 2.00. The molecule has 1 aromatic carbocycles. The Morgan fingerprint density at radius 2 is 1.97 bits per heavy atom. The van der Waals surface area contributed by atoms with Crippen molar-refractivity contribution in [3.8, 4) is 0 Å². The van der Waals surface area contributed by atoms with Crippen LogP contribution in [0.15, 0.2) is 42.6 Å². The summed E-state index contributed by atoms with van der Waals surface area (Å²) in [5.74, 6) is -0.0133. The maximum Gasteiger partial charge on any atom is 0.323 e. The molecule has 1 aliphatic rings. The molecule has 0 saturated heterocycles. The maximum atomic E-state index is 12.8. The van der Waals surface area contributed by atoms with Gasteiger partial charge in [0.15, 0.2) is 0 Å². The molecule has 162 valence electrons. The van der Waals surface area contributed by atoms with Gasteiger partial charge >= 0.3 is 6.03 Å². The van der Waals surface area contributed by atoms with E-state index < -0.39 is 12.1 Å². The molecule has 3 amide bonds. The summed E-state index contributed by atoms with van der Waals surface area (Å²) in [7, 11) is 0. The summed E-state index contributed by atoms with van der Waals surface area (Å²) in [5, 5.41) is 6.56. The van der Waals surface area contributed by atoms with E-state index in [2.05, 4.69) is 10.6 Å². The second kappa shape index (κ2) is 9.11. The average molecular weight is 459 g/mol. The molecule has 0 unspecified atom stereocenters. The minimum atomic E-state index is -0.609. The Labute approximate surface area is 188 Å². The van der Waals surface area contributed by atoms with E-state index in [1.807, 2.05) is 24.3 Å². The third-order valence-corrected chi connectivity index (χ3v) is 6.60. The molecule has 31 heavy (non-hydrogen) atoms. The van der Waals surface area contributed by atoms with Gasteiger partial charge in [0.05, 0.1) is 22.8 Å². The fourth-order valence-electron chi connectivity index (χ4n) is 3.65. The van der Waals surface area contributed by atoms with Gasteiger partial charge in [-0.2, -0.15) is 0 Å². The van der Waals surface area contributed by atoms with Crippen LogP contribution in [0.25, 0.3) is 10.9 Å². The molecule has 2 heterocycles. The first-order valence-electron chi connectivity index (χ1n) is 10.1. The second-order valence-corrected chi connectivity index (χ2v) is 9.58. The lowest BCUT2D eigenvalue weighted by Crippen LogP contribution is -2.47. The highest BCUT2D eigenvalue weighted by molar-refractivity contribution is 7.16. The van der Waals surface area contributed by atoms with Crippen LogP contribution in [0.3, 0.4) is 0 Å². The average Bonchev–Trinajstić information content (AvgIpc) is 3.34. The zero-order valence-electron chi connectivity index (χ0n) is 16.8. The zero-order valence-corrected chi connectivity index (χ0v) is 18.3. The number of para-hydroxylation sites is 1. The third kappa shape index (κ3) is 5.26. The predicted molar refractivity (Wildman–Crippen MR) is 121 cm³/mol. The SMILES string of the molecule is NC(=O)n1cc(CC(=O)N[C@@H](CC2CC2)C(=O)NCc2ccc(Cl)s2)c2ccccc21. The number of benzene rings is 1. The van der Waals surface area contributed by atoms with Gasteiger partial charge in [-0.25, -0.2) is 4.79 Å².